The summed E-state index contributed by atoms with van der Waals surface area (Å²) in [5.74, 6) is -3.87. The summed E-state index contributed by atoms with van der Waals surface area (Å²) >= 11 is 0. The van der Waals surface area contributed by atoms with E-state index >= 15 is 0 Å². The molecule has 0 bridgehead atoms. The third-order valence-electron chi connectivity index (χ3n) is 3.36. The third kappa shape index (κ3) is 11.6. The Kier molecular flexibility index (Phi) is 16.8. The number of rotatable bonds is 12. The van der Waals surface area contributed by atoms with Crippen molar-refractivity contribution in [3.8, 4) is 0 Å². The second-order valence-corrected chi connectivity index (χ2v) is 5.38. The predicted molar refractivity (Wildman–Crippen MR) is 94.5 cm³/mol. The number of aliphatic carboxylic acids is 1. The quantitative estimate of drug-likeness (QED) is 0.225. The summed E-state index contributed by atoms with van der Waals surface area (Å²) in [7, 11) is 0. The Bertz CT molecular complexity index is 543. The molecule has 0 aliphatic heterocycles. The number of carboxylic acids is 1. The van der Waals surface area contributed by atoms with E-state index in [1.54, 1.807) is 38.2 Å². The fraction of sp³-hybridized carbons (Fsp3) is 0.474. The van der Waals surface area contributed by atoms with Gasteiger partial charge in [0.15, 0.2) is 0 Å². The fourth-order valence-electron chi connectivity index (χ4n) is 2.12. The smallest absolute Gasteiger partial charge is 0.548 e. The Hall–Kier alpha value is -1.70. The molecule has 1 atom stereocenters. The summed E-state index contributed by atoms with van der Waals surface area (Å²) in [5, 5.41) is 11.5. The van der Waals surface area contributed by atoms with Crippen LogP contribution in [-0.4, -0.2) is 41.3 Å². The molecular weight excluding hydrogens is 361 g/mol. The van der Waals surface area contributed by atoms with Crippen LogP contribution in [0.25, 0.3) is 0 Å². The van der Waals surface area contributed by atoms with Crippen molar-refractivity contribution in [1.29, 1.82) is 0 Å². The molecule has 0 heterocycles. The first-order valence-corrected chi connectivity index (χ1v) is 8.43. The van der Waals surface area contributed by atoms with E-state index in [0.717, 1.165) is 0 Å². The summed E-state index contributed by atoms with van der Waals surface area (Å²) < 4.78 is 4.76. The van der Waals surface area contributed by atoms with Crippen LogP contribution < -0.4 is 34.7 Å². The molecule has 144 valence electrons. The van der Waals surface area contributed by atoms with Crippen molar-refractivity contribution in [2.75, 3.05) is 6.61 Å². The molecule has 0 aromatic carbocycles. The molecule has 0 aliphatic carbocycles. The van der Waals surface area contributed by atoms with Crippen LogP contribution in [0.3, 0.4) is 0 Å². The van der Waals surface area contributed by atoms with Crippen LogP contribution in [0.5, 0.6) is 0 Å². The first kappa shape index (κ1) is 27.5. The summed E-state index contributed by atoms with van der Waals surface area (Å²) in [5.41, 5.74) is 0. The molecule has 0 N–H and O–H groups in total. The van der Waals surface area contributed by atoms with Gasteiger partial charge in [-0.25, -0.2) is 0 Å². The summed E-state index contributed by atoms with van der Waals surface area (Å²) in [6, 6.07) is -1.71. The molecule has 0 fully saturated rings. The molecule has 0 radical (unpaired) electrons. The third-order valence-corrected chi connectivity index (χ3v) is 3.36. The van der Waals surface area contributed by atoms with Crippen molar-refractivity contribution in [3.63, 3.8) is 0 Å². The van der Waals surface area contributed by atoms with E-state index in [0.29, 0.717) is 17.7 Å². The zero-order valence-corrected chi connectivity index (χ0v) is 18.3. The van der Waals surface area contributed by atoms with Crippen molar-refractivity contribution in [1.82, 2.24) is 4.90 Å². The summed E-state index contributed by atoms with van der Waals surface area (Å²) in [4.78, 5) is 48.7. The molecule has 0 saturated heterocycles. The monoisotopic (exact) mass is 387 g/mol. The topological polar surface area (TPSA) is 104 Å². The number of imide groups is 1. The molecule has 27 heavy (non-hydrogen) atoms. The van der Waals surface area contributed by atoms with Gasteiger partial charge in [-0.3, -0.25) is 19.3 Å². The van der Waals surface area contributed by atoms with Gasteiger partial charge in [-0.2, -0.15) is 0 Å². The zero-order chi connectivity index (χ0) is 19.9. The number of carbonyl (C=O) groups excluding carboxylic acids is 4. The van der Waals surface area contributed by atoms with Crippen LogP contribution in [0.15, 0.2) is 37.0 Å². The van der Waals surface area contributed by atoms with Crippen LogP contribution in [-0.2, 0) is 23.9 Å². The van der Waals surface area contributed by atoms with Gasteiger partial charge in [0.25, 0.3) is 0 Å². The SMILES string of the molecule is C=CCOC(=O)CC(C(=O)[O-])N(C(=O)CC/C=C/C)C(=O)CC/C=C/C.[Na+]. The van der Waals surface area contributed by atoms with Crippen molar-refractivity contribution in [2.24, 2.45) is 0 Å². The van der Waals surface area contributed by atoms with E-state index < -0.39 is 36.2 Å². The molecule has 0 rings (SSSR count). The number of hydrogen-bond acceptors (Lipinski definition) is 6. The molecular formula is C19H26NNaO6. The maximum absolute atomic E-state index is 12.4. The molecule has 2 amide bonds. The average molecular weight is 387 g/mol. The van der Waals surface area contributed by atoms with Crippen LogP contribution in [0.4, 0.5) is 0 Å². The normalized spacial score (nSPS) is 11.6. The number of carbonyl (C=O) groups is 4. The minimum Gasteiger partial charge on any atom is -0.548 e. The Labute approximate surface area is 182 Å². The number of nitrogens with zero attached hydrogens (tertiary/aromatic N) is 1. The van der Waals surface area contributed by atoms with Crippen molar-refractivity contribution in [2.45, 2.75) is 52.0 Å². The van der Waals surface area contributed by atoms with Gasteiger partial charge in [0.1, 0.15) is 6.61 Å². The van der Waals surface area contributed by atoms with E-state index in [-0.39, 0.29) is 49.0 Å². The number of hydrogen-bond donors (Lipinski definition) is 0. The second-order valence-electron chi connectivity index (χ2n) is 5.38. The second kappa shape index (κ2) is 16.5. The Morgan fingerprint density at radius 3 is 1.89 bits per heavy atom. The van der Waals surface area contributed by atoms with Gasteiger partial charge in [-0.15, -0.1) is 0 Å². The summed E-state index contributed by atoms with van der Waals surface area (Å²) in [6.07, 6.45) is 8.22. The van der Waals surface area contributed by atoms with E-state index in [9.17, 15) is 24.3 Å². The number of ether oxygens (including phenoxy) is 1. The molecule has 7 nitrogen and oxygen atoms in total. The van der Waals surface area contributed by atoms with Gasteiger partial charge in [0.2, 0.25) is 11.8 Å². The van der Waals surface area contributed by atoms with Gasteiger partial charge < -0.3 is 14.6 Å². The maximum atomic E-state index is 12.4. The number of esters is 1. The van der Waals surface area contributed by atoms with Crippen LogP contribution in [0, 0.1) is 0 Å². The van der Waals surface area contributed by atoms with Gasteiger partial charge in [-0.05, 0) is 26.7 Å². The molecule has 0 aliphatic rings. The number of allylic oxidation sites excluding steroid dienone is 4. The van der Waals surface area contributed by atoms with E-state index in [1.807, 2.05) is 0 Å². The van der Waals surface area contributed by atoms with Crippen LogP contribution in [0.1, 0.15) is 46.0 Å². The van der Waals surface area contributed by atoms with Crippen molar-refractivity contribution >= 4 is 23.8 Å². The van der Waals surface area contributed by atoms with Gasteiger partial charge in [-0.1, -0.05) is 37.0 Å². The van der Waals surface area contributed by atoms with Gasteiger partial charge in [0.05, 0.1) is 18.4 Å². The van der Waals surface area contributed by atoms with Gasteiger partial charge in [0, 0.05) is 12.8 Å². The van der Waals surface area contributed by atoms with Crippen LogP contribution in [0.2, 0.25) is 0 Å². The number of carboxylic acid groups (broad SMARTS) is 1. The van der Waals surface area contributed by atoms with Gasteiger partial charge >= 0.3 is 35.5 Å². The van der Waals surface area contributed by atoms with E-state index in [4.69, 9.17) is 4.74 Å². The first-order valence-electron chi connectivity index (χ1n) is 8.43. The van der Waals surface area contributed by atoms with Crippen LogP contribution >= 0.6 is 0 Å². The van der Waals surface area contributed by atoms with E-state index in [1.165, 1.54) is 6.08 Å². The minimum absolute atomic E-state index is 0. The Morgan fingerprint density at radius 2 is 1.52 bits per heavy atom. The Morgan fingerprint density at radius 1 is 1.04 bits per heavy atom. The fourth-order valence-corrected chi connectivity index (χ4v) is 2.12. The average Bonchev–Trinajstić information content (AvgIpc) is 2.59. The maximum Gasteiger partial charge on any atom is 1.00 e. The van der Waals surface area contributed by atoms with E-state index in [2.05, 4.69) is 6.58 Å². The standard InChI is InChI=1S/C19H27NO6.Na/c1-4-7-9-11-16(21)20(17(22)12-10-8-5-2)15(19(24)25)14-18(23)26-13-6-3;/h4-8,15H,3,9-14H2,1-2H3,(H,24,25);/q;+1/p-1/b7-4+,8-5+;. The van der Waals surface area contributed by atoms with Crippen molar-refractivity contribution < 1.29 is 58.6 Å². The van der Waals surface area contributed by atoms with Crippen molar-refractivity contribution in [3.05, 3.63) is 37.0 Å². The molecule has 0 spiro atoms. The molecule has 0 aromatic rings. The zero-order valence-electron chi connectivity index (χ0n) is 16.3. The molecule has 1 unspecified atom stereocenters. The molecule has 0 saturated carbocycles. The first-order chi connectivity index (χ1) is 12.4. The summed E-state index contributed by atoms with van der Waals surface area (Å²) in [6.45, 7) is 6.85. The molecule has 0 aromatic heterocycles. The predicted octanol–water partition coefficient (Wildman–Crippen LogP) is -1.70. The molecule has 8 heteroatoms. The largest absolute Gasteiger partial charge is 1.00 e. The number of amides is 2. The Balaban J connectivity index is 0. The minimum atomic E-state index is -1.71.